The lowest BCUT2D eigenvalue weighted by Crippen LogP contribution is -2.10. The molecule has 0 atom stereocenters. The Kier molecular flexibility index (Phi) is 3.33. The molecule has 0 aromatic carbocycles. The fourth-order valence-corrected chi connectivity index (χ4v) is 1.58. The fourth-order valence-electron chi connectivity index (χ4n) is 1.46. The van der Waals surface area contributed by atoms with Gasteiger partial charge in [0.1, 0.15) is 0 Å². The van der Waals surface area contributed by atoms with Crippen molar-refractivity contribution < 1.29 is 4.74 Å². The van der Waals surface area contributed by atoms with Gasteiger partial charge in [0.25, 0.3) is 5.95 Å². The van der Waals surface area contributed by atoms with Crippen molar-refractivity contribution in [2.24, 2.45) is 0 Å². The normalized spacial score (nSPS) is 10.5. The molecule has 2 aromatic heterocycles. The minimum Gasteiger partial charge on any atom is -0.467 e. The Bertz CT molecular complexity index is 560. The van der Waals surface area contributed by atoms with Gasteiger partial charge in [-0.25, -0.2) is 4.68 Å². The SMILES string of the molecule is CNc1nc(OC)nc(-n2nc(C)c(Cl)c2C)n1. The Morgan fingerprint density at radius 1 is 1.22 bits per heavy atom. The van der Waals surface area contributed by atoms with Crippen LogP contribution in [0.1, 0.15) is 11.4 Å². The average molecular weight is 269 g/mol. The second-order valence-corrected chi connectivity index (χ2v) is 3.97. The predicted octanol–water partition coefficient (Wildman–Crippen LogP) is 1.38. The van der Waals surface area contributed by atoms with Gasteiger partial charge in [-0.3, -0.25) is 0 Å². The molecular formula is C10H13ClN6O. The molecule has 2 heterocycles. The zero-order valence-electron chi connectivity index (χ0n) is 10.5. The zero-order valence-corrected chi connectivity index (χ0v) is 11.3. The minimum absolute atomic E-state index is 0.216. The van der Waals surface area contributed by atoms with Crippen LogP contribution in [0.25, 0.3) is 5.95 Å². The van der Waals surface area contributed by atoms with Crippen molar-refractivity contribution in [1.82, 2.24) is 24.7 Å². The van der Waals surface area contributed by atoms with Gasteiger partial charge in [-0.2, -0.15) is 20.1 Å². The van der Waals surface area contributed by atoms with Gasteiger partial charge in [0.2, 0.25) is 5.95 Å². The lowest BCUT2D eigenvalue weighted by Gasteiger charge is -2.06. The van der Waals surface area contributed by atoms with E-state index in [2.05, 4.69) is 25.4 Å². The van der Waals surface area contributed by atoms with Crippen LogP contribution in [0.3, 0.4) is 0 Å². The number of methoxy groups -OCH3 is 1. The summed E-state index contributed by atoms with van der Waals surface area (Å²) < 4.78 is 6.58. The van der Waals surface area contributed by atoms with Gasteiger partial charge in [0.05, 0.1) is 23.5 Å². The Morgan fingerprint density at radius 2 is 1.94 bits per heavy atom. The largest absolute Gasteiger partial charge is 0.467 e. The quantitative estimate of drug-likeness (QED) is 0.906. The first-order valence-corrected chi connectivity index (χ1v) is 5.64. The molecular weight excluding hydrogens is 256 g/mol. The highest BCUT2D eigenvalue weighted by Gasteiger charge is 2.15. The van der Waals surface area contributed by atoms with Gasteiger partial charge in [0.15, 0.2) is 0 Å². The monoisotopic (exact) mass is 268 g/mol. The Hall–Kier alpha value is -1.89. The number of aromatic nitrogens is 5. The lowest BCUT2D eigenvalue weighted by atomic mass is 10.4. The molecule has 2 rings (SSSR count). The first-order valence-electron chi connectivity index (χ1n) is 5.26. The molecule has 7 nitrogen and oxygen atoms in total. The van der Waals surface area contributed by atoms with Crippen LogP contribution in [0.15, 0.2) is 0 Å². The summed E-state index contributed by atoms with van der Waals surface area (Å²) in [5, 5.41) is 7.71. The number of nitrogens with zero attached hydrogens (tertiary/aromatic N) is 5. The number of aryl methyl sites for hydroxylation is 1. The molecule has 0 unspecified atom stereocenters. The summed E-state index contributed by atoms with van der Waals surface area (Å²) in [6.45, 7) is 3.67. The molecule has 96 valence electrons. The summed E-state index contributed by atoms with van der Waals surface area (Å²) in [7, 11) is 3.21. The van der Waals surface area contributed by atoms with E-state index in [-0.39, 0.29) is 6.01 Å². The first-order chi connectivity index (χ1) is 8.56. The van der Waals surface area contributed by atoms with Crippen LogP contribution in [-0.2, 0) is 0 Å². The van der Waals surface area contributed by atoms with Crippen LogP contribution in [0.2, 0.25) is 5.02 Å². The third kappa shape index (κ3) is 2.08. The van der Waals surface area contributed by atoms with E-state index >= 15 is 0 Å². The van der Waals surface area contributed by atoms with Crippen LogP contribution in [0, 0.1) is 13.8 Å². The van der Waals surface area contributed by atoms with E-state index in [1.807, 2.05) is 13.8 Å². The Morgan fingerprint density at radius 3 is 2.44 bits per heavy atom. The predicted molar refractivity (Wildman–Crippen MR) is 67.5 cm³/mol. The molecule has 0 spiro atoms. The number of hydrogen-bond acceptors (Lipinski definition) is 6. The van der Waals surface area contributed by atoms with Gasteiger partial charge in [-0.05, 0) is 13.8 Å². The smallest absolute Gasteiger partial charge is 0.322 e. The molecule has 0 saturated carbocycles. The van der Waals surface area contributed by atoms with Gasteiger partial charge in [-0.1, -0.05) is 11.6 Å². The first kappa shape index (κ1) is 12.6. The molecule has 0 aliphatic carbocycles. The van der Waals surface area contributed by atoms with Crippen LogP contribution in [0.4, 0.5) is 5.95 Å². The molecule has 0 saturated heterocycles. The Balaban J connectivity index is 2.59. The molecule has 0 fully saturated rings. The highest BCUT2D eigenvalue weighted by atomic mass is 35.5. The maximum Gasteiger partial charge on any atom is 0.322 e. The molecule has 0 aliphatic heterocycles. The van der Waals surface area contributed by atoms with Crippen molar-refractivity contribution in [3.63, 3.8) is 0 Å². The van der Waals surface area contributed by atoms with Gasteiger partial charge >= 0.3 is 6.01 Å². The number of anilines is 1. The highest BCUT2D eigenvalue weighted by molar-refractivity contribution is 6.31. The molecule has 0 bridgehead atoms. The van der Waals surface area contributed by atoms with Crippen LogP contribution in [0.5, 0.6) is 6.01 Å². The summed E-state index contributed by atoms with van der Waals surface area (Å²) >= 11 is 6.09. The number of nitrogens with one attached hydrogen (secondary N) is 1. The highest BCUT2D eigenvalue weighted by Crippen LogP contribution is 2.21. The number of rotatable bonds is 3. The fraction of sp³-hybridized carbons (Fsp3) is 0.400. The number of halogens is 1. The average Bonchev–Trinajstić information content (AvgIpc) is 2.65. The van der Waals surface area contributed by atoms with Gasteiger partial charge in [-0.15, -0.1) is 0 Å². The van der Waals surface area contributed by atoms with E-state index in [1.54, 1.807) is 11.7 Å². The summed E-state index contributed by atoms with van der Waals surface area (Å²) in [6.07, 6.45) is 0. The number of hydrogen-bond donors (Lipinski definition) is 1. The van der Waals surface area contributed by atoms with Crippen molar-refractivity contribution in [3.8, 4) is 12.0 Å². The molecule has 18 heavy (non-hydrogen) atoms. The van der Waals surface area contributed by atoms with Crippen LogP contribution < -0.4 is 10.1 Å². The lowest BCUT2D eigenvalue weighted by molar-refractivity contribution is 0.377. The molecule has 2 aromatic rings. The third-order valence-corrected chi connectivity index (χ3v) is 2.95. The van der Waals surface area contributed by atoms with Crippen molar-refractivity contribution >= 4 is 17.5 Å². The summed E-state index contributed by atoms with van der Waals surface area (Å²) in [4.78, 5) is 12.4. The van der Waals surface area contributed by atoms with E-state index in [4.69, 9.17) is 16.3 Å². The van der Waals surface area contributed by atoms with E-state index in [1.165, 1.54) is 7.11 Å². The minimum atomic E-state index is 0.216. The van der Waals surface area contributed by atoms with Crippen LogP contribution >= 0.6 is 11.6 Å². The maximum absolute atomic E-state index is 6.09. The van der Waals surface area contributed by atoms with Crippen molar-refractivity contribution in [2.45, 2.75) is 13.8 Å². The zero-order chi connectivity index (χ0) is 13.3. The Labute approximate surface area is 109 Å². The van der Waals surface area contributed by atoms with E-state index < -0.39 is 0 Å². The van der Waals surface area contributed by atoms with Crippen LogP contribution in [-0.4, -0.2) is 38.9 Å². The van der Waals surface area contributed by atoms with E-state index in [0.29, 0.717) is 16.9 Å². The van der Waals surface area contributed by atoms with Gasteiger partial charge in [0, 0.05) is 7.05 Å². The number of ether oxygens (including phenoxy) is 1. The summed E-state index contributed by atoms with van der Waals surface area (Å²) in [6, 6.07) is 0.216. The molecule has 0 aliphatic rings. The molecule has 1 N–H and O–H groups in total. The standard InChI is InChI=1S/C10H13ClN6O/c1-5-7(11)6(2)17(16-5)9-13-8(12-3)14-10(15-9)18-4/h1-4H3,(H,12,13,14,15). The van der Waals surface area contributed by atoms with Crippen molar-refractivity contribution in [2.75, 3.05) is 19.5 Å². The topological polar surface area (TPSA) is 77.8 Å². The molecule has 8 heteroatoms. The summed E-state index contributed by atoms with van der Waals surface area (Å²) in [5.74, 6) is 0.763. The van der Waals surface area contributed by atoms with E-state index in [0.717, 1.165) is 11.4 Å². The van der Waals surface area contributed by atoms with Gasteiger partial charge < -0.3 is 10.1 Å². The second kappa shape index (κ2) is 4.77. The van der Waals surface area contributed by atoms with Crippen molar-refractivity contribution in [3.05, 3.63) is 16.4 Å². The van der Waals surface area contributed by atoms with Crippen molar-refractivity contribution in [1.29, 1.82) is 0 Å². The van der Waals surface area contributed by atoms with E-state index in [9.17, 15) is 0 Å². The maximum atomic E-state index is 6.09. The molecule has 0 radical (unpaired) electrons. The third-order valence-electron chi connectivity index (χ3n) is 2.40. The summed E-state index contributed by atoms with van der Waals surface area (Å²) in [5.41, 5.74) is 1.49. The second-order valence-electron chi connectivity index (χ2n) is 3.59. The molecule has 0 amide bonds.